The van der Waals surface area contributed by atoms with Crippen molar-refractivity contribution in [1.82, 2.24) is 0 Å². The average Bonchev–Trinajstić information content (AvgIpc) is 2.56. The van der Waals surface area contributed by atoms with Crippen LogP contribution in [-0.4, -0.2) is 45.1 Å². The Morgan fingerprint density at radius 3 is 2.04 bits per heavy atom. The quantitative estimate of drug-likeness (QED) is 0.329. The van der Waals surface area contributed by atoms with Gasteiger partial charge in [-0.2, -0.15) is 5.10 Å². The van der Waals surface area contributed by atoms with Crippen LogP contribution in [0.1, 0.15) is 13.8 Å². The number of hydrazone groups is 1. The second-order valence-electron chi connectivity index (χ2n) is 4.20. The standard InChI is InChI=1S/C15H19ClN2O6/c1-5-23-14(19)13(15(20)24-6-2)18-17-10-8-11(21-3)9(16)7-12(10)22-4/h7-8,17H,5-6H2,1-4H3. The highest BCUT2D eigenvalue weighted by Gasteiger charge is 2.24. The molecule has 0 atom stereocenters. The summed E-state index contributed by atoms with van der Waals surface area (Å²) in [5.41, 5.74) is 2.39. The molecule has 132 valence electrons. The number of ether oxygens (including phenoxy) is 4. The van der Waals surface area contributed by atoms with E-state index in [-0.39, 0.29) is 13.2 Å². The number of hydrogen-bond donors (Lipinski definition) is 1. The number of esters is 2. The zero-order valence-corrected chi connectivity index (χ0v) is 14.6. The van der Waals surface area contributed by atoms with Gasteiger partial charge in [0.15, 0.2) is 0 Å². The minimum atomic E-state index is -0.900. The summed E-state index contributed by atoms with van der Waals surface area (Å²) in [4.78, 5) is 23.7. The molecule has 0 aliphatic carbocycles. The molecular weight excluding hydrogens is 340 g/mol. The maximum Gasteiger partial charge on any atom is 0.366 e. The van der Waals surface area contributed by atoms with Gasteiger partial charge in [-0.25, -0.2) is 9.59 Å². The monoisotopic (exact) mass is 358 g/mol. The van der Waals surface area contributed by atoms with Crippen molar-refractivity contribution >= 4 is 34.9 Å². The van der Waals surface area contributed by atoms with Gasteiger partial charge in [0.05, 0.1) is 32.5 Å². The van der Waals surface area contributed by atoms with E-state index in [9.17, 15) is 9.59 Å². The van der Waals surface area contributed by atoms with Crippen LogP contribution in [0.25, 0.3) is 0 Å². The molecule has 0 aliphatic rings. The molecule has 1 N–H and O–H groups in total. The molecule has 0 aromatic heterocycles. The minimum Gasteiger partial charge on any atom is -0.495 e. The van der Waals surface area contributed by atoms with Gasteiger partial charge in [-0.1, -0.05) is 11.6 Å². The van der Waals surface area contributed by atoms with Gasteiger partial charge in [0.25, 0.3) is 5.71 Å². The molecule has 0 fully saturated rings. The van der Waals surface area contributed by atoms with Crippen molar-refractivity contribution in [3.8, 4) is 11.5 Å². The van der Waals surface area contributed by atoms with Gasteiger partial charge in [-0.05, 0) is 13.8 Å². The second kappa shape index (κ2) is 9.61. The molecule has 9 heteroatoms. The Morgan fingerprint density at radius 1 is 1.04 bits per heavy atom. The fourth-order valence-electron chi connectivity index (χ4n) is 1.64. The third-order valence-electron chi connectivity index (χ3n) is 2.70. The lowest BCUT2D eigenvalue weighted by Gasteiger charge is -2.12. The molecule has 0 radical (unpaired) electrons. The summed E-state index contributed by atoms with van der Waals surface area (Å²) in [7, 11) is 2.88. The van der Waals surface area contributed by atoms with Crippen LogP contribution in [0.4, 0.5) is 5.69 Å². The number of methoxy groups -OCH3 is 2. The summed E-state index contributed by atoms with van der Waals surface area (Å²) < 4.78 is 19.9. The Morgan fingerprint density at radius 2 is 1.58 bits per heavy atom. The molecule has 0 saturated carbocycles. The molecule has 0 heterocycles. The maximum absolute atomic E-state index is 11.8. The van der Waals surface area contributed by atoms with E-state index in [4.69, 9.17) is 30.5 Å². The Labute approximate surface area is 144 Å². The SMILES string of the molecule is CCOC(=O)C(=NNc1cc(OC)c(Cl)cc1OC)C(=O)OCC. The zero-order valence-electron chi connectivity index (χ0n) is 13.8. The van der Waals surface area contributed by atoms with Gasteiger partial charge in [-0.15, -0.1) is 0 Å². The van der Waals surface area contributed by atoms with Gasteiger partial charge in [0.2, 0.25) is 0 Å². The van der Waals surface area contributed by atoms with Crippen molar-refractivity contribution < 1.29 is 28.5 Å². The lowest BCUT2D eigenvalue weighted by atomic mass is 10.3. The molecule has 0 spiro atoms. The molecule has 0 amide bonds. The van der Waals surface area contributed by atoms with Crippen LogP contribution in [0.15, 0.2) is 17.2 Å². The van der Waals surface area contributed by atoms with E-state index in [1.807, 2.05) is 0 Å². The minimum absolute atomic E-state index is 0.0926. The lowest BCUT2D eigenvalue weighted by Crippen LogP contribution is -2.29. The van der Waals surface area contributed by atoms with E-state index >= 15 is 0 Å². The number of carbonyl (C=O) groups excluding carboxylic acids is 2. The van der Waals surface area contributed by atoms with Gasteiger partial charge >= 0.3 is 11.9 Å². The highest BCUT2D eigenvalue weighted by molar-refractivity contribution is 6.62. The number of halogens is 1. The summed E-state index contributed by atoms with van der Waals surface area (Å²) in [6.07, 6.45) is 0. The topological polar surface area (TPSA) is 95.5 Å². The summed E-state index contributed by atoms with van der Waals surface area (Å²) in [6.45, 7) is 3.41. The smallest absolute Gasteiger partial charge is 0.366 e. The fraction of sp³-hybridized carbons (Fsp3) is 0.400. The Bertz CT molecular complexity index is 613. The molecule has 1 aromatic rings. The summed E-state index contributed by atoms with van der Waals surface area (Å²) >= 11 is 6.01. The third-order valence-corrected chi connectivity index (χ3v) is 3.00. The van der Waals surface area contributed by atoms with E-state index in [1.54, 1.807) is 13.8 Å². The highest BCUT2D eigenvalue weighted by atomic mass is 35.5. The van der Waals surface area contributed by atoms with Crippen molar-refractivity contribution in [3.05, 3.63) is 17.2 Å². The van der Waals surface area contributed by atoms with Crippen molar-refractivity contribution in [2.45, 2.75) is 13.8 Å². The van der Waals surface area contributed by atoms with Crippen molar-refractivity contribution in [2.24, 2.45) is 5.10 Å². The third kappa shape index (κ3) is 5.02. The second-order valence-corrected chi connectivity index (χ2v) is 4.61. The largest absolute Gasteiger partial charge is 0.495 e. The molecular formula is C15H19ClN2O6. The number of anilines is 1. The number of nitrogens with zero attached hydrogens (tertiary/aromatic N) is 1. The first kappa shape index (κ1) is 19.6. The van der Waals surface area contributed by atoms with Crippen LogP contribution in [0.3, 0.4) is 0 Å². The predicted molar refractivity (Wildman–Crippen MR) is 88.9 cm³/mol. The van der Waals surface area contributed by atoms with Gasteiger partial charge in [0, 0.05) is 12.1 Å². The average molecular weight is 359 g/mol. The first-order valence-electron chi connectivity index (χ1n) is 7.07. The molecule has 0 aliphatic heterocycles. The highest BCUT2D eigenvalue weighted by Crippen LogP contribution is 2.35. The molecule has 0 bridgehead atoms. The summed E-state index contributed by atoms with van der Waals surface area (Å²) in [5, 5.41) is 4.12. The summed E-state index contributed by atoms with van der Waals surface area (Å²) in [5.74, 6) is -1.09. The number of carbonyl (C=O) groups is 2. The maximum atomic E-state index is 11.8. The van der Waals surface area contributed by atoms with Crippen LogP contribution in [0, 0.1) is 0 Å². The Balaban J connectivity index is 3.16. The van der Waals surface area contributed by atoms with Crippen molar-refractivity contribution in [1.29, 1.82) is 0 Å². The van der Waals surface area contributed by atoms with Crippen LogP contribution >= 0.6 is 11.6 Å². The molecule has 1 aromatic carbocycles. The predicted octanol–water partition coefficient (Wildman–Crippen LogP) is 2.25. The van der Waals surface area contributed by atoms with Gasteiger partial charge < -0.3 is 18.9 Å². The zero-order chi connectivity index (χ0) is 18.1. The first-order valence-corrected chi connectivity index (χ1v) is 7.45. The number of hydrogen-bond acceptors (Lipinski definition) is 8. The van der Waals surface area contributed by atoms with Crippen LogP contribution in [0.5, 0.6) is 11.5 Å². The van der Waals surface area contributed by atoms with Crippen LogP contribution in [0.2, 0.25) is 5.02 Å². The van der Waals surface area contributed by atoms with Crippen LogP contribution in [-0.2, 0) is 19.1 Å². The fourth-order valence-corrected chi connectivity index (χ4v) is 1.87. The molecule has 0 saturated heterocycles. The van der Waals surface area contributed by atoms with Crippen molar-refractivity contribution in [3.63, 3.8) is 0 Å². The Hall–Kier alpha value is -2.48. The van der Waals surface area contributed by atoms with Gasteiger partial charge in [0.1, 0.15) is 17.2 Å². The van der Waals surface area contributed by atoms with E-state index in [1.165, 1.54) is 26.4 Å². The number of nitrogens with one attached hydrogen (secondary N) is 1. The summed E-state index contributed by atoms with van der Waals surface area (Å²) in [6, 6.07) is 3.02. The molecule has 8 nitrogen and oxygen atoms in total. The molecule has 24 heavy (non-hydrogen) atoms. The Kier molecular flexibility index (Phi) is 7.84. The van der Waals surface area contributed by atoms with E-state index in [0.29, 0.717) is 22.2 Å². The number of rotatable bonds is 8. The van der Waals surface area contributed by atoms with E-state index in [0.717, 1.165) is 0 Å². The first-order chi connectivity index (χ1) is 11.5. The van der Waals surface area contributed by atoms with Crippen molar-refractivity contribution in [2.75, 3.05) is 32.9 Å². The van der Waals surface area contributed by atoms with Gasteiger partial charge in [-0.3, -0.25) is 5.43 Å². The van der Waals surface area contributed by atoms with E-state index in [2.05, 4.69) is 10.5 Å². The van der Waals surface area contributed by atoms with E-state index < -0.39 is 17.7 Å². The lowest BCUT2D eigenvalue weighted by molar-refractivity contribution is -0.140. The number of benzene rings is 1. The van der Waals surface area contributed by atoms with Crippen LogP contribution < -0.4 is 14.9 Å². The normalized spacial score (nSPS) is 9.71. The molecule has 1 rings (SSSR count). The molecule has 0 unspecified atom stereocenters.